The molecule has 0 heterocycles. The number of halogens is 3. The van der Waals surface area contributed by atoms with E-state index >= 15 is 0 Å². The molecule has 0 bridgehead atoms. The number of nitrogens with zero attached hydrogens (tertiary/aromatic N) is 1. The molecule has 2 aromatic carbocycles. The van der Waals surface area contributed by atoms with Gasteiger partial charge >= 0.3 is 6.18 Å². The molecule has 1 unspecified atom stereocenters. The lowest BCUT2D eigenvalue weighted by Crippen LogP contribution is -2.11. The fourth-order valence-corrected chi connectivity index (χ4v) is 2.93. The lowest BCUT2D eigenvalue weighted by molar-refractivity contribution is -0.384. The number of alkyl halides is 3. The molecule has 0 radical (unpaired) electrons. The Bertz CT molecular complexity index is 926. The lowest BCUT2D eigenvalue weighted by atomic mass is 10.1. The van der Waals surface area contributed by atoms with Gasteiger partial charge in [0.2, 0.25) is 0 Å². The van der Waals surface area contributed by atoms with Crippen LogP contribution in [-0.4, -0.2) is 19.6 Å². The van der Waals surface area contributed by atoms with E-state index in [0.717, 1.165) is 18.4 Å². The molecule has 0 aromatic heterocycles. The van der Waals surface area contributed by atoms with Crippen molar-refractivity contribution in [3.8, 4) is 0 Å². The minimum absolute atomic E-state index is 0.0670. The van der Waals surface area contributed by atoms with Gasteiger partial charge in [-0.15, -0.1) is 0 Å². The molecule has 0 saturated heterocycles. The van der Waals surface area contributed by atoms with Crippen LogP contribution in [0.15, 0.2) is 47.4 Å². The minimum atomic E-state index is -4.68. The average Bonchev–Trinajstić information content (AvgIpc) is 2.53. The second-order valence-corrected chi connectivity index (χ2v) is 7.71. The maximum atomic E-state index is 12.7. The van der Waals surface area contributed by atoms with E-state index < -0.39 is 38.2 Å². The molecular formula is C16H15F3N2O4S. The van der Waals surface area contributed by atoms with Gasteiger partial charge in [0.05, 0.1) is 15.4 Å². The summed E-state index contributed by atoms with van der Waals surface area (Å²) in [4.78, 5) is 10.3. The summed E-state index contributed by atoms with van der Waals surface area (Å²) in [7, 11) is -3.36. The number of sulfone groups is 1. The number of rotatable bonds is 5. The highest BCUT2D eigenvalue weighted by atomic mass is 32.2. The third kappa shape index (κ3) is 4.51. The SMILES string of the molecule is CC(Nc1ccc(C(F)(F)F)cc1[N+](=O)[O-])c1ccc(S(C)(=O)=O)cc1. The standard InChI is InChI=1S/C16H15F3N2O4S/c1-10(11-3-6-13(7-4-11)26(2,24)25)20-14-8-5-12(16(17,18)19)9-15(14)21(22)23/h3-10,20H,1-2H3. The summed E-state index contributed by atoms with van der Waals surface area (Å²) >= 11 is 0. The first-order chi connectivity index (χ1) is 11.9. The van der Waals surface area contributed by atoms with Gasteiger partial charge in [-0.25, -0.2) is 8.42 Å². The molecule has 0 spiro atoms. The first-order valence-electron chi connectivity index (χ1n) is 7.32. The fourth-order valence-electron chi connectivity index (χ4n) is 2.30. The van der Waals surface area contributed by atoms with Crippen molar-refractivity contribution in [2.24, 2.45) is 0 Å². The van der Waals surface area contributed by atoms with Gasteiger partial charge in [0.1, 0.15) is 5.69 Å². The maximum absolute atomic E-state index is 12.7. The maximum Gasteiger partial charge on any atom is 0.416 e. The molecule has 10 heteroatoms. The zero-order valence-electron chi connectivity index (χ0n) is 13.7. The van der Waals surface area contributed by atoms with Crippen molar-refractivity contribution in [3.05, 3.63) is 63.7 Å². The second kappa shape index (κ2) is 6.94. The summed E-state index contributed by atoms with van der Waals surface area (Å²) in [5, 5.41) is 13.9. The Morgan fingerprint density at radius 3 is 2.15 bits per heavy atom. The van der Waals surface area contributed by atoms with Crippen LogP contribution in [-0.2, 0) is 16.0 Å². The van der Waals surface area contributed by atoms with E-state index in [1.165, 1.54) is 24.3 Å². The number of hydrogen-bond donors (Lipinski definition) is 1. The highest BCUT2D eigenvalue weighted by Gasteiger charge is 2.33. The normalized spacial score (nSPS) is 13.3. The van der Waals surface area contributed by atoms with Gasteiger partial charge in [-0.3, -0.25) is 10.1 Å². The summed E-state index contributed by atoms with van der Waals surface area (Å²) in [5.41, 5.74) is -1.26. The smallest absolute Gasteiger partial charge is 0.373 e. The molecule has 26 heavy (non-hydrogen) atoms. The van der Waals surface area contributed by atoms with E-state index in [4.69, 9.17) is 0 Å². The van der Waals surface area contributed by atoms with Crippen molar-refractivity contribution in [1.82, 2.24) is 0 Å². The Labute approximate surface area is 147 Å². The van der Waals surface area contributed by atoms with Gasteiger partial charge in [0.25, 0.3) is 5.69 Å². The van der Waals surface area contributed by atoms with Gasteiger partial charge in [-0.1, -0.05) is 12.1 Å². The van der Waals surface area contributed by atoms with Crippen LogP contribution in [0.3, 0.4) is 0 Å². The molecule has 0 amide bonds. The molecular weight excluding hydrogens is 373 g/mol. The van der Waals surface area contributed by atoms with Crippen molar-refractivity contribution in [3.63, 3.8) is 0 Å². The Morgan fingerprint density at radius 1 is 1.12 bits per heavy atom. The number of nitrogens with one attached hydrogen (secondary N) is 1. The molecule has 2 aromatic rings. The zero-order chi connectivity index (χ0) is 19.7. The van der Waals surface area contributed by atoms with Crippen LogP contribution < -0.4 is 5.32 Å². The summed E-state index contributed by atoms with van der Waals surface area (Å²) in [5.74, 6) is 0. The zero-order valence-corrected chi connectivity index (χ0v) is 14.6. The third-order valence-electron chi connectivity index (χ3n) is 3.70. The van der Waals surface area contributed by atoms with Crippen LogP contribution in [0.5, 0.6) is 0 Å². The molecule has 0 aliphatic rings. The number of nitro groups is 1. The minimum Gasteiger partial charge on any atom is -0.373 e. The summed E-state index contributed by atoms with van der Waals surface area (Å²) in [6.07, 6.45) is -3.62. The van der Waals surface area contributed by atoms with Gasteiger partial charge in [-0.2, -0.15) is 13.2 Å². The summed E-state index contributed by atoms with van der Waals surface area (Å²) in [6.45, 7) is 1.65. The third-order valence-corrected chi connectivity index (χ3v) is 4.83. The van der Waals surface area contributed by atoms with Crippen LogP contribution in [0.2, 0.25) is 0 Å². The average molecular weight is 388 g/mol. The monoisotopic (exact) mass is 388 g/mol. The van der Waals surface area contributed by atoms with E-state index in [1.807, 2.05) is 0 Å². The fraction of sp³-hybridized carbons (Fsp3) is 0.250. The molecule has 140 valence electrons. The Balaban J connectivity index is 2.31. The number of anilines is 1. The van der Waals surface area contributed by atoms with E-state index in [9.17, 15) is 31.7 Å². The van der Waals surface area contributed by atoms with Crippen molar-refractivity contribution in [2.75, 3.05) is 11.6 Å². The predicted octanol–water partition coefficient (Wildman–Crippen LogP) is 4.19. The first-order valence-corrected chi connectivity index (χ1v) is 9.21. The largest absolute Gasteiger partial charge is 0.416 e. The first kappa shape index (κ1) is 19.7. The quantitative estimate of drug-likeness (QED) is 0.613. The van der Waals surface area contributed by atoms with Crippen molar-refractivity contribution in [2.45, 2.75) is 24.0 Å². The summed E-state index contributed by atoms with van der Waals surface area (Å²) < 4.78 is 61.1. The number of hydrogen-bond acceptors (Lipinski definition) is 5. The molecule has 0 saturated carbocycles. The van der Waals surface area contributed by atoms with Crippen LogP contribution >= 0.6 is 0 Å². The van der Waals surface area contributed by atoms with Gasteiger partial charge < -0.3 is 5.32 Å². The lowest BCUT2D eigenvalue weighted by Gasteiger charge is -2.17. The second-order valence-electron chi connectivity index (χ2n) is 5.69. The van der Waals surface area contributed by atoms with E-state index in [2.05, 4.69) is 5.32 Å². The molecule has 2 rings (SSSR count). The number of benzene rings is 2. The van der Waals surface area contributed by atoms with Crippen molar-refractivity contribution >= 4 is 21.2 Å². The van der Waals surface area contributed by atoms with Gasteiger partial charge in [-0.05, 0) is 36.8 Å². The van der Waals surface area contributed by atoms with Crippen molar-refractivity contribution in [1.29, 1.82) is 0 Å². The van der Waals surface area contributed by atoms with Gasteiger partial charge in [0, 0.05) is 18.4 Å². The molecule has 0 fully saturated rings. The van der Waals surface area contributed by atoms with E-state index in [-0.39, 0.29) is 10.6 Å². The molecule has 1 N–H and O–H groups in total. The molecule has 0 aliphatic carbocycles. The molecule has 6 nitrogen and oxygen atoms in total. The van der Waals surface area contributed by atoms with Crippen LogP contribution in [0.4, 0.5) is 24.5 Å². The Morgan fingerprint density at radius 2 is 1.69 bits per heavy atom. The highest BCUT2D eigenvalue weighted by Crippen LogP contribution is 2.36. The highest BCUT2D eigenvalue weighted by molar-refractivity contribution is 7.90. The number of nitro benzene ring substituents is 1. The van der Waals surface area contributed by atoms with E-state index in [0.29, 0.717) is 11.6 Å². The molecule has 0 aliphatic heterocycles. The van der Waals surface area contributed by atoms with Crippen LogP contribution in [0, 0.1) is 10.1 Å². The predicted molar refractivity (Wildman–Crippen MR) is 89.7 cm³/mol. The Hall–Kier alpha value is -2.62. The molecule has 1 atom stereocenters. The topological polar surface area (TPSA) is 89.3 Å². The van der Waals surface area contributed by atoms with E-state index in [1.54, 1.807) is 6.92 Å². The summed E-state index contributed by atoms with van der Waals surface area (Å²) in [6, 6.07) is 7.58. The van der Waals surface area contributed by atoms with Crippen molar-refractivity contribution < 1.29 is 26.5 Å². The van der Waals surface area contributed by atoms with Crippen LogP contribution in [0.25, 0.3) is 0 Å². The van der Waals surface area contributed by atoms with Gasteiger partial charge in [0.15, 0.2) is 9.84 Å². The van der Waals surface area contributed by atoms with Crippen LogP contribution in [0.1, 0.15) is 24.1 Å². The Kier molecular flexibility index (Phi) is 5.26.